The van der Waals surface area contributed by atoms with E-state index in [2.05, 4.69) is 0 Å². The van der Waals surface area contributed by atoms with Gasteiger partial charge >= 0.3 is 0 Å². The second kappa shape index (κ2) is 4.24. The Bertz CT molecular complexity index is 326. The summed E-state index contributed by atoms with van der Waals surface area (Å²) in [4.78, 5) is 13.2. The Hall–Kier alpha value is -0.670. The van der Waals surface area contributed by atoms with Crippen LogP contribution in [0, 0.1) is 6.92 Å². The minimum Gasteiger partial charge on any atom is -0.319 e. The molecule has 0 aliphatic rings. The van der Waals surface area contributed by atoms with Crippen molar-refractivity contribution in [2.75, 3.05) is 0 Å². The molecule has 0 saturated carbocycles. The van der Waals surface area contributed by atoms with E-state index in [-0.39, 0.29) is 5.78 Å². The van der Waals surface area contributed by atoms with Gasteiger partial charge in [-0.3, -0.25) is 4.79 Å². The van der Waals surface area contributed by atoms with Crippen LogP contribution in [0.1, 0.15) is 41.9 Å². The Morgan fingerprint density at radius 2 is 2.07 bits per heavy atom. The Labute approximate surface area is 89.1 Å². The van der Waals surface area contributed by atoms with Crippen molar-refractivity contribution in [1.29, 1.82) is 0 Å². The molecule has 0 aromatic carbocycles. The number of hydrogen-bond acceptors (Lipinski definition) is 3. The summed E-state index contributed by atoms with van der Waals surface area (Å²) in [6.45, 7) is 5.92. The molecule has 2 nitrogen and oxygen atoms in total. The average molecular weight is 211 g/mol. The van der Waals surface area contributed by atoms with Crippen LogP contribution in [0.5, 0.6) is 0 Å². The van der Waals surface area contributed by atoms with Crippen molar-refractivity contribution >= 4 is 17.1 Å². The molecule has 3 heteroatoms. The summed E-state index contributed by atoms with van der Waals surface area (Å²) >= 11 is 1.59. The first kappa shape index (κ1) is 11.4. The Balaban J connectivity index is 2.94. The zero-order valence-corrected chi connectivity index (χ0v) is 9.78. The third-order valence-corrected chi connectivity index (χ3v) is 3.57. The van der Waals surface area contributed by atoms with Crippen molar-refractivity contribution in [3.8, 4) is 0 Å². The maximum absolute atomic E-state index is 12.0. The molecule has 2 N–H and O–H groups in total. The summed E-state index contributed by atoms with van der Waals surface area (Å²) in [5.41, 5.74) is 6.13. The van der Waals surface area contributed by atoms with Gasteiger partial charge in [0, 0.05) is 15.8 Å². The molecule has 0 saturated heterocycles. The molecule has 0 radical (unpaired) electrons. The number of Topliss-reactive ketones (excluding diaryl/α,β-unsaturated/α-hetero) is 1. The number of aryl methyl sites for hydroxylation is 1. The molecule has 0 atom stereocenters. The zero-order valence-electron chi connectivity index (χ0n) is 8.96. The standard InChI is InChI=1S/C11H17NOS/c1-4-11(12,5-2)10(13)9-6-8(3)14-7-9/h6-7H,4-5,12H2,1-3H3. The van der Waals surface area contributed by atoms with E-state index in [4.69, 9.17) is 5.73 Å². The normalized spacial score (nSPS) is 11.7. The Morgan fingerprint density at radius 1 is 1.50 bits per heavy atom. The van der Waals surface area contributed by atoms with Gasteiger partial charge in [-0.2, -0.15) is 0 Å². The van der Waals surface area contributed by atoms with Gasteiger partial charge in [-0.1, -0.05) is 13.8 Å². The molecular formula is C11H17NOS. The molecule has 0 aliphatic heterocycles. The van der Waals surface area contributed by atoms with E-state index in [9.17, 15) is 4.79 Å². The molecule has 78 valence electrons. The minimum absolute atomic E-state index is 0.0758. The highest BCUT2D eigenvalue weighted by Gasteiger charge is 2.30. The number of nitrogens with two attached hydrogens (primary N) is 1. The first-order chi connectivity index (χ1) is 6.53. The van der Waals surface area contributed by atoms with Crippen LogP contribution in [0.4, 0.5) is 0 Å². The van der Waals surface area contributed by atoms with Crippen LogP contribution in [0.3, 0.4) is 0 Å². The Morgan fingerprint density at radius 3 is 2.43 bits per heavy atom. The summed E-state index contributed by atoms with van der Waals surface area (Å²) in [5, 5.41) is 1.89. The van der Waals surface area contributed by atoms with Crippen LogP contribution in [0.2, 0.25) is 0 Å². The summed E-state index contributed by atoms with van der Waals surface area (Å²) in [7, 11) is 0. The molecule has 0 bridgehead atoms. The van der Waals surface area contributed by atoms with Crippen LogP contribution in [0.25, 0.3) is 0 Å². The largest absolute Gasteiger partial charge is 0.319 e. The highest BCUT2D eigenvalue weighted by molar-refractivity contribution is 7.10. The average Bonchev–Trinajstić information content (AvgIpc) is 2.62. The van der Waals surface area contributed by atoms with Gasteiger partial charge in [-0.05, 0) is 25.8 Å². The number of ketones is 1. The van der Waals surface area contributed by atoms with E-state index in [1.807, 2.05) is 32.2 Å². The van der Waals surface area contributed by atoms with Gasteiger partial charge in [-0.25, -0.2) is 0 Å². The smallest absolute Gasteiger partial charge is 0.183 e. The fourth-order valence-corrected chi connectivity index (χ4v) is 2.10. The van der Waals surface area contributed by atoms with Gasteiger partial charge in [0.25, 0.3) is 0 Å². The van der Waals surface area contributed by atoms with E-state index < -0.39 is 5.54 Å². The highest BCUT2D eigenvalue weighted by Crippen LogP contribution is 2.22. The minimum atomic E-state index is -0.673. The quantitative estimate of drug-likeness (QED) is 0.778. The molecule has 0 fully saturated rings. The lowest BCUT2D eigenvalue weighted by Gasteiger charge is -2.24. The molecule has 1 heterocycles. The number of carbonyl (C=O) groups is 1. The number of thiophene rings is 1. The third kappa shape index (κ3) is 2.04. The molecule has 1 aromatic heterocycles. The maximum atomic E-state index is 12.0. The SMILES string of the molecule is CCC(N)(CC)C(=O)c1csc(C)c1. The molecular weight excluding hydrogens is 194 g/mol. The summed E-state index contributed by atoms with van der Waals surface area (Å²) in [6, 6.07) is 1.92. The topological polar surface area (TPSA) is 43.1 Å². The van der Waals surface area contributed by atoms with E-state index in [1.54, 1.807) is 11.3 Å². The second-order valence-electron chi connectivity index (χ2n) is 3.64. The highest BCUT2D eigenvalue weighted by atomic mass is 32.1. The summed E-state index contributed by atoms with van der Waals surface area (Å²) < 4.78 is 0. The van der Waals surface area contributed by atoms with Gasteiger partial charge in [0.2, 0.25) is 0 Å². The van der Waals surface area contributed by atoms with E-state index in [0.29, 0.717) is 12.8 Å². The van der Waals surface area contributed by atoms with Crippen LogP contribution in [-0.2, 0) is 0 Å². The van der Waals surface area contributed by atoms with Crippen LogP contribution < -0.4 is 5.73 Å². The lowest BCUT2D eigenvalue weighted by atomic mass is 9.86. The predicted octanol–water partition coefficient (Wildman–Crippen LogP) is 2.76. The van der Waals surface area contributed by atoms with Crippen molar-refractivity contribution in [2.45, 2.75) is 39.2 Å². The molecule has 1 rings (SSSR count). The van der Waals surface area contributed by atoms with Crippen molar-refractivity contribution in [1.82, 2.24) is 0 Å². The first-order valence-corrected chi connectivity index (χ1v) is 5.80. The van der Waals surface area contributed by atoms with E-state index in [1.165, 1.54) is 0 Å². The van der Waals surface area contributed by atoms with Crippen LogP contribution >= 0.6 is 11.3 Å². The van der Waals surface area contributed by atoms with Gasteiger partial charge in [0.1, 0.15) is 0 Å². The van der Waals surface area contributed by atoms with Gasteiger partial charge in [-0.15, -0.1) is 11.3 Å². The van der Waals surface area contributed by atoms with Crippen molar-refractivity contribution in [3.63, 3.8) is 0 Å². The maximum Gasteiger partial charge on any atom is 0.183 e. The summed E-state index contributed by atoms with van der Waals surface area (Å²) in [6.07, 6.45) is 1.38. The van der Waals surface area contributed by atoms with Gasteiger partial charge in [0.05, 0.1) is 5.54 Å². The fourth-order valence-electron chi connectivity index (χ4n) is 1.42. The fraction of sp³-hybridized carbons (Fsp3) is 0.545. The molecule has 0 amide bonds. The number of carbonyl (C=O) groups excluding carboxylic acids is 1. The lowest BCUT2D eigenvalue weighted by Crippen LogP contribution is -2.46. The third-order valence-electron chi connectivity index (χ3n) is 2.71. The second-order valence-corrected chi connectivity index (χ2v) is 4.75. The first-order valence-electron chi connectivity index (χ1n) is 4.92. The van der Waals surface area contributed by atoms with E-state index >= 15 is 0 Å². The Kier molecular flexibility index (Phi) is 3.45. The van der Waals surface area contributed by atoms with E-state index in [0.717, 1.165) is 10.4 Å². The molecule has 0 aliphatic carbocycles. The van der Waals surface area contributed by atoms with Crippen molar-refractivity contribution in [3.05, 3.63) is 21.9 Å². The lowest BCUT2D eigenvalue weighted by molar-refractivity contribution is 0.0880. The summed E-state index contributed by atoms with van der Waals surface area (Å²) in [5.74, 6) is 0.0758. The van der Waals surface area contributed by atoms with Gasteiger partial charge in [0.15, 0.2) is 5.78 Å². The van der Waals surface area contributed by atoms with Crippen LogP contribution in [0.15, 0.2) is 11.4 Å². The van der Waals surface area contributed by atoms with Gasteiger partial charge < -0.3 is 5.73 Å². The molecule has 0 spiro atoms. The predicted molar refractivity (Wildman–Crippen MR) is 60.9 cm³/mol. The van der Waals surface area contributed by atoms with Crippen LogP contribution in [-0.4, -0.2) is 11.3 Å². The van der Waals surface area contributed by atoms with Crippen molar-refractivity contribution in [2.24, 2.45) is 5.73 Å². The zero-order chi connectivity index (χ0) is 10.8. The number of rotatable bonds is 4. The monoisotopic (exact) mass is 211 g/mol. The molecule has 1 aromatic rings. The molecule has 0 unspecified atom stereocenters. The number of hydrogen-bond donors (Lipinski definition) is 1. The molecule has 14 heavy (non-hydrogen) atoms. The van der Waals surface area contributed by atoms with Crippen molar-refractivity contribution < 1.29 is 4.79 Å².